The summed E-state index contributed by atoms with van der Waals surface area (Å²) in [7, 11) is 0. The minimum absolute atomic E-state index is 0.0876. The number of amides is 1. The van der Waals surface area contributed by atoms with Crippen molar-refractivity contribution in [3.05, 3.63) is 57.2 Å². The summed E-state index contributed by atoms with van der Waals surface area (Å²) >= 11 is 1.40. The van der Waals surface area contributed by atoms with Crippen molar-refractivity contribution in [1.29, 1.82) is 0 Å². The molecule has 0 atom stereocenters. The number of nitrogens with zero attached hydrogens (tertiary/aromatic N) is 2. The molecule has 1 aliphatic rings. The van der Waals surface area contributed by atoms with Crippen LogP contribution in [0.4, 0.5) is 5.69 Å². The SMILES string of the molecule is CCn1c(C)cc(/C=C2\SC(=Nc3cccc(C)c3C)NC2=O)c1C. The Morgan fingerprint density at radius 3 is 2.68 bits per heavy atom. The van der Waals surface area contributed by atoms with Crippen LogP contribution in [0.2, 0.25) is 0 Å². The van der Waals surface area contributed by atoms with E-state index in [4.69, 9.17) is 0 Å². The van der Waals surface area contributed by atoms with Crippen LogP contribution < -0.4 is 5.32 Å². The van der Waals surface area contributed by atoms with Gasteiger partial charge in [-0.05, 0) is 81.3 Å². The first-order valence-corrected chi connectivity index (χ1v) is 9.25. The summed E-state index contributed by atoms with van der Waals surface area (Å²) in [6, 6.07) is 8.14. The summed E-state index contributed by atoms with van der Waals surface area (Å²) in [5.41, 5.74) is 6.70. The Morgan fingerprint density at radius 2 is 2.00 bits per heavy atom. The van der Waals surface area contributed by atoms with Crippen LogP contribution in [0.3, 0.4) is 0 Å². The standard InChI is InChI=1S/C20H23N3OS/c1-6-23-13(3)10-16(15(23)5)11-18-19(24)22-20(25-18)21-17-9-7-8-12(2)14(17)4/h7-11H,6H2,1-5H3,(H,21,22,24)/b18-11-. The number of hydrogen-bond donors (Lipinski definition) is 1. The maximum absolute atomic E-state index is 12.3. The highest BCUT2D eigenvalue weighted by molar-refractivity contribution is 8.18. The zero-order chi connectivity index (χ0) is 18.1. The lowest BCUT2D eigenvalue weighted by Crippen LogP contribution is -2.19. The first kappa shape index (κ1) is 17.5. The number of aromatic nitrogens is 1. The topological polar surface area (TPSA) is 46.4 Å². The normalized spacial score (nSPS) is 17.6. The summed E-state index contributed by atoms with van der Waals surface area (Å²) < 4.78 is 2.25. The molecule has 2 aromatic rings. The maximum Gasteiger partial charge on any atom is 0.264 e. The average Bonchev–Trinajstić information content (AvgIpc) is 3.04. The van der Waals surface area contributed by atoms with Crippen molar-refractivity contribution >= 4 is 34.6 Å². The van der Waals surface area contributed by atoms with Crippen molar-refractivity contribution < 1.29 is 4.79 Å². The largest absolute Gasteiger partial charge is 0.349 e. The molecule has 1 amide bonds. The number of benzene rings is 1. The van der Waals surface area contributed by atoms with Crippen LogP contribution in [-0.2, 0) is 11.3 Å². The molecule has 0 spiro atoms. The maximum atomic E-state index is 12.3. The number of aliphatic imine (C=N–C) groups is 1. The van der Waals surface area contributed by atoms with E-state index in [9.17, 15) is 4.79 Å². The summed E-state index contributed by atoms with van der Waals surface area (Å²) in [5.74, 6) is -0.0876. The highest BCUT2D eigenvalue weighted by Crippen LogP contribution is 2.30. The lowest BCUT2D eigenvalue weighted by Gasteiger charge is -2.04. The van der Waals surface area contributed by atoms with Crippen LogP contribution >= 0.6 is 11.8 Å². The predicted octanol–water partition coefficient (Wildman–Crippen LogP) is 4.63. The molecular formula is C20H23N3OS. The van der Waals surface area contributed by atoms with Crippen molar-refractivity contribution in [1.82, 2.24) is 9.88 Å². The first-order chi connectivity index (χ1) is 11.9. The molecule has 1 aromatic heterocycles. The first-order valence-electron chi connectivity index (χ1n) is 8.43. The number of hydrogen-bond acceptors (Lipinski definition) is 3. The number of rotatable bonds is 3. The average molecular weight is 353 g/mol. The van der Waals surface area contributed by atoms with E-state index in [0.29, 0.717) is 10.1 Å². The fraction of sp³-hybridized carbons (Fsp3) is 0.300. The highest BCUT2D eigenvalue weighted by atomic mass is 32.2. The molecule has 1 aliphatic heterocycles. The van der Waals surface area contributed by atoms with Gasteiger partial charge in [-0.15, -0.1) is 0 Å². The Labute approximate surface area is 153 Å². The third-order valence-electron chi connectivity index (χ3n) is 4.66. The Morgan fingerprint density at radius 1 is 1.24 bits per heavy atom. The molecule has 0 unspecified atom stereocenters. The molecule has 0 radical (unpaired) electrons. The molecule has 130 valence electrons. The van der Waals surface area contributed by atoms with Gasteiger partial charge in [-0.1, -0.05) is 12.1 Å². The van der Waals surface area contributed by atoms with Crippen molar-refractivity contribution in [2.45, 2.75) is 41.2 Å². The zero-order valence-corrected chi connectivity index (χ0v) is 16.1. The molecule has 4 nitrogen and oxygen atoms in total. The minimum atomic E-state index is -0.0876. The Bertz CT molecular complexity index is 906. The van der Waals surface area contributed by atoms with E-state index in [0.717, 1.165) is 23.4 Å². The number of thioether (sulfide) groups is 1. The lowest BCUT2D eigenvalue weighted by atomic mass is 10.1. The van der Waals surface area contributed by atoms with E-state index in [2.05, 4.69) is 54.7 Å². The van der Waals surface area contributed by atoms with Crippen molar-refractivity contribution in [3.63, 3.8) is 0 Å². The van der Waals surface area contributed by atoms with Gasteiger partial charge in [-0.25, -0.2) is 4.99 Å². The fourth-order valence-corrected chi connectivity index (χ4v) is 3.87. The third kappa shape index (κ3) is 3.42. The van der Waals surface area contributed by atoms with Crippen molar-refractivity contribution in [2.24, 2.45) is 4.99 Å². The number of amidine groups is 1. The van der Waals surface area contributed by atoms with Gasteiger partial charge >= 0.3 is 0 Å². The zero-order valence-electron chi connectivity index (χ0n) is 15.3. The number of carbonyl (C=O) groups excluding carboxylic acids is 1. The van der Waals surface area contributed by atoms with Crippen LogP contribution in [0.15, 0.2) is 34.2 Å². The van der Waals surface area contributed by atoms with E-state index < -0.39 is 0 Å². The predicted molar refractivity (Wildman–Crippen MR) is 106 cm³/mol. The van der Waals surface area contributed by atoms with E-state index in [1.165, 1.54) is 28.7 Å². The third-order valence-corrected chi connectivity index (χ3v) is 5.57. The second-order valence-corrected chi connectivity index (χ2v) is 7.30. The summed E-state index contributed by atoms with van der Waals surface area (Å²) in [6.07, 6.45) is 1.96. The molecule has 0 bridgehead atoms. The molecule has 3 rings (SSSR count). The van der Waals surface area contributed by atoms with E-state index in [-0.39, 0.29) is 5.91 Å². The molecule has 25 heavy (non-hydrogen) atoms. The molecule has 5 heteroatoms. The Balaban J connectivity index is 1.90. The summed E-state index contributed by atoms with van der Waals surface area (Å²) in [4.78, 5) is 17.6. The number of aryl methyl sites for hydroxylation is 2. The highest BCUT2D eigenvalue weighted by Gasteiger charge is 2.24. The van der Waals surface area contributed by atoms with Gasteiger partial charge in [0.15, 0.2) is 5.17 Å². The summed E-state index contributed by atoms with van der Waals surface area (Å²) in [5, 5.41) is 3.51. The Kier molecular flexibility index (Phi) is 4.86. The van der Waals surface area contributed by atoms with Gasteiger partial charge < -0.3 is 9.88 Å². The molecule has 1 fully saturated rings. The lowest BCUT2D eigenvalue weighted by molar-refractivity contribution is -0.115. The quantitative estimate of drug-likeness (QED) is 0.818. The monoisotopic (exact) mass is 353 g/mol. The van der Waals surface area contributed by atoms with Gasteiger partial charge in [-0.3, -0.25) is 4.79 Å². The second kappa shape index (κ2) is 6.92. The molecule has 0 saturated carbocycles. The molecule has 1 aromatic carbocycles. The van der Waals surface area contributed by atoms with Gasteiger partial charge in [0.2, 0.25) is 0 Å². The molecular weight excluding hydrogens is 330 g/mol. The summed E-state index contributed by atoms with van der Waals surface area (Å²) in [6.45, 7) is 11.3. The van der Waals surface area contributed by atoms with Crippen molar-refractivity contribution in [3.8, 4) is 0 Å². The smallest absolute Gasteiger partial charge is 0.264 e. The molecule has 1 N–H and O–H groups in total. The number of nitrogens with one attached hydrogen (secondary N) is 1. The number of carbonyl (C=O) groups is 1. The van der Waals surface area contributed by atoms with Crippen LogP contribution in [-0.4, -0.2) is 15.6 Å². The van der Waals surface area contributed by atoms with E-state index >= 15 is 0 Å². The van der Waals surface area contributed by atoms with Crippen molar-refractivity contribution in [2.75, 3.05) is 0 Å². The second-order valence-electron chi connectivity index (χ2n) is 6.27. The van der Waals surface area contributed by atoms with Crippen LogP contribution in [0.1, 0.15) is 35.0 Å². The minimum Gasteiger partial charge on any atom is -0.349 e. The van der Waals surface area contributed by atoms with E-state index in [1.54, 1.807) is 0 Å². The molecule has 1 saturated heterocycles. The van der Waals surface area contributed by atoms with Gasteiger partial charge in [0, 0.05) is 17.9 Å². The van der Waals surface area contributed by atoms with Gasteiger partial charge in [-0.2, -0.15) is 0 Å². The van der Waals surface area contributed by atoms with Gasteiger partial charge in [0.25, 0.3) is 5.91 Å². The van der Waals surface area contributed by atoms with E-state index in [1.807, 2.05) is 25.1 Å². The van der Waals surface area contributed by atoms with Gasteiger partial charge in [0.05, 0.1) is 10.6 Å². The molecule has 0 aliphatic carbocycles. The van der Waals surface area contributed by atoms with Gasteiger partial charge in [0.1, 0.15) is 0 Å². The van der Waals surface area contributed by atoms with Crippen LogP contribution in [0, 0.1) is 27.7 Å². The fourth-order valence-electron chi connectivity index (χ4n) is 3.05. The Hall–Kier alpha value is -2.27. The molecule has 2 heterocycles. The van der Waals surface area contributed by atoms with Crippen LogP contribution in [0.5, 0.6) is 0 Å². The van der Waals surface area contributed by atoms with Crippen LogP contribution in [0.25, 0.3) is 6.08 Å².